The molecule has 1 aromatic rings. The van der Waals surface area contributed by atoms with E-state index in [4.69, 9.17) is 10.0 Å². The quantitative estimate of drug-likeness (QED) is 0.558. The van der Waals surface area contributed by atoms with E-state index in [9.17, 15) is 0 Å². The topological polar surface area (TPSA) is 40.5 Å². The fraction of sp³-hybridized carbons (Fsp3) is 0. The molecule has 0 fully saturated rings. The van der Waals surface area contributed by atoms with Crippen LogP contribution in [0.5, 0.6) is 0 Å². The van der Waals surface area contributed by atoms with Gasteiger partial charge in [-0.1, -0.05) is 0 Å². The highest BCUT2D eigenvalue weighted by atomic mass is 127. The predicted octanol–water partition coefficient (Wildman–Crippen LogP) is 0.576. The van der Waals surface area contributed by atoms with Gasteiger partial charge in [0.1, 0.15) is 0 Å². The molecular formula is C6H5BI2O2. The van der Waals surface area contributed by atoms with E-state index in [1.165, 1.54) is 0 Å². The van der Waals surface area contributed by atoms with Crippen molar-refractivity contribution in [3.63, 3.8) is 0 Å². The predicted molar refractivity (Wildman–Crippen MR) is 61.7 cm³/mol. The molecule has 11 heavy (non-hydrogen) atoms. The third-order valence-corrected chi connectivity index (χ3v) is 2.89. The van der Waals surface area contributed by atoms with Crippen molar-refractivity contribution in [1.82, 2.24) is 0 Å². The molecule has 2 N–H and O–H groups in total. The lowest BCUT2D eigenvalue weighted by Gasteiger charge is -2.02. The molecule has 0 bridgehead atoms. The van der Waals surface area contributed by atoms with Gasteiger partial charge in [0.2, 0.25) is 0 Å². The van der Waals surface area contributed by atoms with E-state index in [2.05, 4.69) is 45.2 Å². The first kappa shape index (κ1) is 9.75. The first-order valence-electron chi connectivity index (χ1n) is 2.92. The molecule has 1 rings (SSSR count). The average Bonchev–Trinajstić information content (AvgIpc) is 1.94. The van der Waals surface area contributed by atoms with Gasteiger partial charge >= 0.3 is 7.12 Å². The first-order chi connectivity index (χ1) is 5.11. The van der Waals surface area contributed by atoms with Gasteiger partial charge in [-0.3, -0.25) is 0 Å². The first-order valence-corrected chi connectivity index (χ1v) is 5.08. The molecule has 0 saturated carbocycles. The van der Waals surface area contributed by atoms with Crippen LogP contribution in [-0.2, 0) is 0 Å². The zero-order valence-electron chi connectivity index (χ0n) is 5.46. The van der Waals surface area contributed by atoms with Crippen LogP contribution in [0.1, 0.15) is 0 Å². The van der Waals surface area contributed by atoms with Gasteiger partial charge in [-0.05, 0) is 68.8 Å². The second-order valence-corrected chi connectivity index (χ2v) is 4.45. The summed E-state index contributed by atoms with van der Waals surface area (Å²) in [5.74, 6) is 0. The highest BCUT2D eigenvalue weighted by molar-refractivity contribution is 14.1. The van der Waals surface area contributed by atoms with Crippen LogP contribution < -0.4 is 5.46 Å². The summed E-state index contributed by atoms with van der Waals surface area (Å²) in [6.07, 6.45) is 0. The van der Waals surface area contributed by atoms with Crippen molar-refractivity contribution < 1.29 is 10.0 Å². The summed E-state index contributed by atoms with van der Waals surface area (Å²) >= 11 is 4.20. The molecule has 2 nitrogen and oxygen atoms in total. The minimum atomic E-state index is -1.36. The largest absolute Gasteiger partial charge is 0.489 e. The Kier molecular flexibility index (Phi) is 3.60. The van der Waals surface area contributed by atoms with Crippen molar-refractivity contribution in [1.29, 1.82) is 0 Å². The summed E-state index contributed by atoms with van der Waals surface area (Å²) < 4.78 is 1.88. The van der Waals surface area contributed by atoms with Crippen molar-refractivity contribution in [3.05, 3.63) is 25.3 Å². The van der Waals surface area contributed by atoms with Crippen LogP contribution in [0.2, 0.25) is 0 Å². The summed E-state index contributed by atoms with van der Waals surface area (Å²) in [7, 11) is -1.36. The van der Waals surface area contributed by atoms with Crippen LogP contribution in [0.15, 0.2) is 18.2 Å². The number of benzene rings is 1. The molecule has 1 aromatic carbocycles. The molecular weight excluding hydrogens is 369 g/mol. The monoisotopic (exact) mass is 374 g/mol. The molecule has 0 unspecified atom stereocenters. The molecule has 0 spiro atoms. The van der Waals surface area contributed by atoms with E-state index >= 15 is 0 Å². The van der Waals surface area contributed by atoms with E-state index < -0.39 is 7.12 Å². The zero-order valence-corrected chi connectivity index (χ0v) is 9.77. The number of halogens is 2. The molecule has 0 aliphatic carbocycles. The fourth-order valence-corrected chi connectivity index (χ4v) is 1.84. The molecule has 0 radical (unpaired) electrons. The summed E-state index contributed by atoms with van der Waals surface area (Å²) in [4.78, 5) is 0. The molecule has 0 aliphatic heterocycles. The normalized spacial score (nSPS) is 9.82. The van der Waals surface area contributed by atoms with Crippen LogP contribution in [-0.4, -0.2) is 17.2 Å². The highest BCUT2D eigenvalue weighted by Crippen LogP contribution is 2.07. The van der Waals surface area contributed by atoms with Crippen LogP contribution in [0.4, 0.5) is 0 Å². The molecule has 0 aromatic heterocycles. The smallest absolute Gasteiger partial charge is 0.423 e. The van der Waals surface area contributed by atoms with E-state index in [-0.39, 0.29) is 0 Å². The number of rotatable bonds is 1. The van der Waals surface area contributed by atoms with E-state index in [1.54, 1.807) is 6.07 Å². The Bertz CT molecular complexity index is 265. The van der Waals surface area contributed by atoms with Gasteiger partial charge in [-0.25, -0.2) is 0 Å². The SMILES string of the molecule is OB(O)c1cc(I)ccc1I. The van der Waals surface area contributed by atoms with Crippen molar-refractivity contribution in [2.75, 3.05) is 0 Å². The van der Waals surface area contributed by atoms with Crippen LogP contribution in [0.3, 0.4) is 0 Å². The minimum absolute atomic E-state index is 0.567. The van der Waals surface area contributed by atoms with Crippen molar-refractivity contribution >= 4 is 57.8 Å². The lowest BCUT2D eigenvalue weighted by Crippen LogP contribution is -2.32. The lowest BCUT2D eigenvalue weighted by atomic mass is 9.81. The minimum Gasteiger partial charge on any atom is -0.423 e. The Hall–Kier alpha value is 0.665. The zero-order chi connectivity index (χ0) is 8.43. The fourth-order valence-electron chi connectivity index (χ4n) is 0.712. The van der Waals surface area contributed by atoms with Crippen LogP contribution in [0, 0.1) is 7.14 Å². The van der Waals surface area contributed by atoms with Gasteiger partial charge in [-0.2, -0.15) is 0 Å². The summed E-state index contributed by atoms with van der Waals surface area (Å²) in [5.41, 5.74) is 0.567. The summed E-state index contributed by atoms with van der Waals surface area (Å²) in [6.45, 7) is 0. The second-order valence-electron chi connectivity index (χ2n) is 2.04. The maximum Gasteiger partial charge on any atom is 0.489 e. The Morgan fingerprint density at radius 2 is 1.82 bits per heavy atom. The van der Waals surface area contributed by atoms with Crippen molar-refractivity contribution in [2.24, 2.45) is 0 Å². The van der Waals surface area contributed by atoms with E-state index in [0.717, 1.165) is 7.14 Å². The van der Waals surface area contributed by atoms with Gasteiger partial charge in [0, 0.05) is 7.14 Å². The number of hydrogen-bond donors (Lipinski definition) is 2. The maximum atomic E-state index is 8.88. The standard InChI is InChI=1S/C6H5BI2O2/c8-4-1-2-6(9)5(3-4)7(10)11/h1-3,10-11H. The molecule has 5 heteroatoms. The van der Waals surface area contributed by atoms with Gasteiger partial charge in [-0.15, -0.1) is 0 Å². The van der Waals surface area contributed by atoms with Gasteiger partial charge < -0.3 is 10.0 Å². The Balaban J connectivity index is 3.13. The highest BCUT2D eigenvalue weighted by Gasteiger charge is 2.14. The van der Waals surface area contributed by atoms with Gasteiger partial charge in [0.05, 0.1) is 0 Å². The summed E-state index contributed by atoms with van der Waals surface area (Å²) in [5, 5.41) is 17.8. The Morgan fingerprint density at radius 3 is 2.27 bits per heavy atom. The lowest BCUT2D eigenvalue weighted by molar-refractivity contribution is 0.425. The van der Waals surface area contributed by atoms with Crippen molar-refractivity contribution in [3.8, 4) is 0 Å². The van der Waals surface area contributed by atoms with Crippen molar-refractivity contribution in [2.45, 2.75) is 0 Å². The molecule has 0 aliphatic rings. The molecule has 0 saturated heterocycles. The second kappa shape index (κ2) is 4.06. The number of hydrogen-bond acceptors (Lipinski definition) is 2. The maximum absolute atomic E-state index is 8.88. The third-order valence-electron chi connectivity index (χ3n) is 1.24. The van der Waals surface area contributed by atoms with Gasteiger partial charge in [0.25, 0.3) is 0 Å². The Morgan fingerprint density at radius 1 is 1.18 bits per heavy atom. The summed E-state index contributed by atoms with van der Waals surface area (Å²) in [6, 6.07) is 5.54. The molecule has 58 valence electrons. The van der Waals surface area contributed by atoms with Gasteiger partial charge in [0.15, 0.2) is 0 Å². The van der Waals surface area contributed by atoms with Crippen LogP contribution >= 0.6 is 45.2 Å². The third kappa shape index (κ3) is 2.57. The molecule has 0 amide bonds. The van der Waals surface area contributed by atoms with E-state index in [1.807, 2.05) is 12.1 Å². The average molecular weight is 374 g/mol. The van der Waals surface area contributed by atoms with Crippen LogP contribution in [0.25, 0.3) is 0 Å². The Labute approximate surface area is 92.4 Å². The van der Waals surface area contributed by atoms with E-state index in [0.29, 0.717) is 5.46 Å². The molecule has 0 atom stereocenters. The molecule has 0 heterocycles.